The number of nitrogens with zero attached hydrogens (tertiary/aromatic N) is 6. The van der Waals surface area contributed by atoms with Crippen LogP contribution in [0.4, 0.5) is 5.82 Å². The van der Waals surface area contributed by atoms with Crippen molar-refractivity contribution in [2.45, 2.75) is 37.3 Å². The topological polar surface area (TPSA) is 59.3 Å². The maximum absolute atomic E-state index is 6.03. The molecule has 1 saturated carbocycles. The van der Waals surface area contributed by atoms with Crippen molar-refractivity contribution in [1.29, 1.82) is 0 Å². The van der Waals surface area contributed by atoms with E-state index in [1.807, 2.05) is 17.9 Å². The zero-order valence-corrected chi connectivity index (χ0v) is 15.5. The molecule has 2 aliphatic heterocycles. The maximum Gasteiger partial charge on any atom is 0.151 e. The van der Waals surface area contributed by atoms with Gasteiger partial charge in [-0.2, -0.15) is 10.2 Å². The van der Waals surface area contributed by atoms with Gasteiger partial charge in [-0.15, -0.1) is 5.10 Å². The standard InChI is InChI=1S/C19H26N6O/c1-23(12-18-15-9-20-24(2)17(15)7-8-26-18)14-10-25(11-14)19-6-5-16(21-22-19)13-3-4-13/h5-6,9,13-14,18H,3-4,7-8,10-12H2,1-2H3. The highest BCUT2D eigenvalue weighted by molar-refractivity contribution is 5.42. The highest BCUT2D eigenvalue weighted by Gasteiger charge is 2.34. The van der Waals surface area contributed by atoms with Crippen LogP contribution in [0.3, 0.4) is 0 Å². The minimum atomic E-state index is 0.129. The van der Waals surface area contributed by atoms with E-state index in [2.05, 4.69) is 44.3 Å². The number of ether oxygens (including phenoxy) is 1. The molecule has 3 aliphatic rings. The van der Waals surface area contributed by atoms with Gasteiger partial charge in [0.15, 0.2) is 5.82 Å². The molecule has 138 valence electrons. The van der Waals surface area contributed by atoms with Gasteiger partial charge in [-0.3, -0.25) is 9.58 Å². The predicted molar refractivity (Wildman–Crippen MR) is 98.2 cm³/mol. The first-order valence-electron chi connectivity index (χ1n) is 9.60. The minimum absolute atomic E-state index is 0.129. The van der Waals surface area contributed by atoms with Gasteiger partial charge < -0.3 is 9.64 Å². The fourth-order valence-corrected chi connectivity index (χ4v) is 4.03. The Morgan fingerprint density at radius 2 is 2.08 bits per heavy atom. The van der Waals surface area contributed by atoms with E-state index in [1.165, 1.54) is 24.1 Å². The zero-order chi connectivity index (χ0) is 17.7. The van der Waals surface area contributed by atoms with E-state index in [1.54, 1.807) is 0 Å². The largest absolute Gasteiger partial charge is 0.372 e. The first kappa shape index (κ1) is 16.2. The summed E-state index contributed by atoms with van der Waals surface area (Å²) >= 11 is 0. The summed E-state index contributed by atoms with van der Waals surface area (Å²) in [6, 6.07) is 4.81. The molecule has 2 fully saturated rings. The summed E-state index contributed by atoms with van der Waals surface area (Å²) in [7, 11) is 4.21. The molecule has 2 aromatic rings. The molecule has 1 saturated heterocycles. The third kappa shape index (κ3) is 2.89. The van der Waals surface area contributed by atoms with Crippen LogP contribution in [0.2, 0.25) is 0 Å². The van der Waals surface area contributed by atoms with Crippen LogP contribution in [0.1, 0.15) is 41.8 Å². The number of fused-ring (bicyclic) bond motifs is 1. The molecular formula is C19H26N6O. The monoisotopic (exact) mass is 354 g/mol. The third-order valence-electron chi connectivity index (χ3n) is 6.03. The van der Waals surface area contributed by atoms with Crippen molar-refractivity contribution in [2.24, 2.45) is 7.05 Å². The Labute approximate surface area is 153 Å². The first-order chi connectivity index (χ1) is 12.7. The van der Waals surface area contributed by atoms with Gasteiger partial charge in [0.2, 0.25) is 0 Å². The molecule has 5 rings (SSSR count). The molecule has 7 nitrogen and oxygen atoms in total. The Hall–Kier alpha value is -1.99. The lowest BCUT2D eigenvalue weighted by Gasteiger charge is -2.45. The lowest BCUT2D eigenvalue weighted by atomic mass is 10.0. The fourth-order valence-electron chi connectivity index (χ4n) is 4.03. The van der Waals surface area contributed by atoms with Crippen molar-refractivity contribution < 1.29 is 4.74 Å². The molecule has 26 heavy (non-hydrogen) atoms. The maximum atomic E-state index is 6.03. The van der Waals surface area contributed by atoms with Crippen LogP contribution in [0.15, 0.2) is 18.3 Å². The van der Waals surface area contributed by atoms with Gasteiger partial charge in [-0.05, 0) is 32.0 Å². The van der Waals surface area contributed by atoms with Crippen LogP contribution in [0.5, 0.6) is 0 Å². The van der Waals surface area contributed by atoms with Crippen molar-refractivity contribution >= 4 is 5.82 Å². The van der Waals surface area contributed by atoms with E-state index >= 15 is 0 Å². The Morgan fingerprint density at radius 3 is 2.81 bits per heavy atom. The van der Waals surface area contributed by atoms with E-state index in [0.717, 1.165) is 44.2 Å². The van der Waals surface area contributed by atoms with E-state index in [9.17, 15) is 0 Å². The summed E-state index contributed by atoms with van der Waals surface area (Å²) in [5.41, 5.74) is 3.73. The molecule has 0 N–H and O–H groups in total. The Kier molecular flexibility index (Phi) is 3.94. The second kappa shape index (κ2) is 6.32. The minimum Gasteiger partial charge on any atom is -0.372 e. The highest BCUT2D eigenvalue weighted by atomic mass is 16.5. The van der Waals surface area contributed by atoms with Crippen molar-refractivity contribution in [2.75, 3.05) is 38.2 Å². The number of rotatable bonds is 5. The van der Waals surface area contributed by atoms with E-state index < -0.39 is 0 Å². The molecule has 1 aliphatic carbocycles. The van der Waals surface area contributed by atoms with Crippen LogP contribution >= 0.6 is 0 Å². The number of hydrogen-bond acceptors (Lipinski definition) is 6. The van der Waals surface area contributed by atoms with E-state index in [0.29, 0.717) is 12.0 Å². The summed E-state index contributed by atoms with van der Waals surface area (Å²) in [5, 5.41) is 13.2. The van der Waals surface area contributed by atoms with Crippen molar-refractivity contribution in [3.63, 3.8) is 0 Å². The van der Waals surface area contributed by atoms with Crippen LogP contribution in [-0.2, 0) is 18.2 Å². The predicted octanol–water partition coefficient (Wildman–Crippen LogP) is 1.52. The van der Waals surface area contributed by atoms with Gasteiger partial charge in [0.25, 0.3) is 0 Å². The summed E-state index contributed by atoms with van der Waals surface area (Å²) < 4.78 is 8.02. The second-order valence-corrected chi connectivity index (χ2v) is 7.87. The Morgan fingerprint density at radius 1 is 1.23 bits per heavy atom. The average Bonchev–Trinajstić information content (AvgIpc) is 3.38. The number of aryl methyl sites for hydroxylation is 1. The van der Waals surface area contributed by atoms with Crippen LogP contribution in [-0.4, -0.2) is 64.2 Å². The summed E-state index contributed by atoms with van der Waals surface area (Å²) in [5.74, 6) is 1.67. The zero-order valence-electron chi connectivity index (χ0n) is 15.5. The van der Waals surface area contributed by atoms with Crippen molar-refractivity contribution in [3.8, 4) is 0 Å². The van der Waals surface area contributed by atoms with E-state index in [-0.39, 0.29) is 6.10 Å². The van der Waals surface area contributed by atoms with Crippen molar-refractivity contribution in [1.82, 2.24) is 24.9 Å². The number of likely N-dealkylation sites (N-methyl/N-ethyl adjacent to an activating group) is 1. The lowest BCUT2D eigenvalue weighted by Crippen LogP contribution is -2.59. The summed E-state index contributed by atoms with van der Waals surface area (Å²) in [6.07, 6.45) is 5.60. The third-order valence-corrected chi connectivity index (χ3v) is 6.03. The summed E-state index contributed by atoms with van der Waals surface area (Å²) in [6.45, 7) is 3.69. The van der Waals surface area contributed by atoms with Crippen LogP contribution < -0.4 is 4.90 Å². The first-order valence-corrected chi connectivity index (χ1v) is 9.60. The van der Waals surface area contributed by atoms with Crippen molar-refractivity contribution in [3.05, 3.63) is 35.3 Å². The molecule has 7 heteroatoms. The Balaban J connectivity index is 1.17. The van der Waals surface area contributed by atoms with Crippen LogP contribution in [0.25, 0.3) is 0 Å². The molecule has 0 radical (unpaired) electrons. The molecule has 0 aromatic carbocycles. The molecule has 1 atom stereocenters. The quantitative estimate of drug-likeness (QED) is 0.811. The van der Waals surface area contributed by atoms with E-state index in [4.69, 9.17) is 4.74 Å². The van der Waals surface area contributed by atoms with Gasteiger partial charge in [0.1, 0.15) is 0 Å². The molecular weight excluding hydrogens is 328 g/mol. The molecule has 2 aromatic heterocycles. The van der Waals surface area contributed by atoms with Gasteiger partial charge in [-0.25, -0.2) is 0 Å². The SMILES string of the molecule is CN(CC1OCCc2c1cnn2C)C1CN(c2ccc(C3CC3)nn2)C1. The number of hydrogen-bond donors (Lipinski definition) is 0. The van der Waals surface area contributed by atoms with Gasteiger partial charge in [0, 0.05) is 56.3 Å². The lowest BCUT2D eigenvalue weighted by molar-refractivity contribution is 0.00913. The smallest absolute Gasteiger partial charge is 0.151 e. The molecule has 0 bridgehead atoms. The van der Waals surface area contributed by atoms with Gasteiger partial charge >= 0.3 is 0 Å². The number of aromatic nitrogens is 4. The molecule has 1 unspecified atom stereocenters. The fraction of sp³-hybridized carbons (Fsp3) is 0.632. The Bertz CT molecular complexity index is 778. The normalized spacial score (nSPS) is 23.2. The van der Waals surface area contributed by atoms with Crippen LogP contribution in [0, 0.1) is 0 Å². The van der Waals surface area contributed by atoms with Gasteiger partial charge in [0.05, 0.1) is 24.6 Å². The summed E-state index contributed by atoms with van der Waals surface area (Å²) in [4.78, 5) is 4.72. The molecule has 0 spiro atoms. The average molecular weight is 354 g/mol. The molecule has 4 heterocycles. The highest BCUT2D eigenvalue weighted by Crippen LogP contribution is 2.39. The molecule has 0 amide bonds. The second-order valence-electron chi connectivity index (χ2n) is 7.87. The van der Waals surface area contributed by atoms with Gasteiger partial charge in [-0.1, -0.05) is 0 Å². The number of anilines is 1.